The monoisotopic (exact) mass is 335 g/mol. The smallest absolute Gasteiger partial charge is 0.325 e. The van der Waals surface area contributed by atoms with Gasteiger partial charge in [-0.05, 0) is 29.2 Å². The van der Waals surface area contributed by atoms with Gasteiger partial charge in [-0.2, -0.15) is 0 Å². The molecule has 2 heterocycles. The van der Waals surface area contributed by atoms with E-state index in [0.29, 0.717) is 22.9 Å². The Kier molecular flexibility index (Phi) is 3.53. The second-order valence-corrected chi connectivity index (χ2v) is 6.09. The molecule has 0 spiro atoms. The first-order valence-corrected chi connectivity index (χ1v) is 8.17. The van der Waals surface area contributed by atoms with Crippen molar-refractivity contribution < 1.29 is 4.42 Å². The number of benzene rings is 1. The summed E-state index contributed by atoms with van der Waals surface area (Å²) in [7, 11) is 0. The van der Waals surface area contributed by atoms with Gasteiger partial charge in [0.1, 0.15) is 0 Å². The van der Waals surface area contributed by atoms with E-state index in [2.05, 4.69) is 34.0 Å². The summed E-state index contributed by atoms with van der Waals surface area (Å²) in [5.41, 5.74) is 3.34. The topological polar surface area (TPSA) is 91.8 Å². The summed E-state index contributed by atoms with van der Waals surface area (Å²) >= 11 is 0. The van der Waals surface area contributed by atoms with Crippen molar-refractivity contribution in [2.75, 3.05) is 0 Å². The molecule has 3 aromatic rings. The van der Waals surface area contributed by atoms with E-state index in [1.165, 1.54) is 11.8 Å². The molecule has 0 amide bonds. The molecule has 1 aliphatic rings. The first-order chi connectivity index (χ1) is 12.1. The van der Waals surface area contributed by atoms with Gasteiger partial charge in [-0.15, -0.1) is 0 Å². The lowest BCUT2D eigenvalue weighted by Gasteiger charge is -2.17. The summed E-state index contributed by atoms with van der Waals surface area (Å²) in [4.78, 5) is 33.2. The van der Waals surface area contributed by atoms with E-state index in [9.17, 15) is 9.59 Å². The molecule has 1 atom stereocenters. The summed E-state index contributed by atoms with van der Waals surface area (Å²) in [5.74, 6) is 0.750. The molecule has 0 saturated heterocycles. The van der Waals surface area contributed by atoms with Crippen LogP contribution >= 0.6 is 0 Å². The zero-order valence-electron chi connectivity index (χ0n) is 13.9. The van der Waals surface area contributed by atoms with Crippen LogP contribution in [0.4, 0.5) is 0 Å². The van der Waals surface area contributed by atoms with Crippen molar-refractivity contribution in [3.63, 3.8) is 0 Å². The average molecular weight is 335 g/mol. The summed E-state index contributed by atoms with van der Waals surface area (Å²) in [5, 5.41) is 0. The Hall–Kier alpha value is -3.15. The molecule has 6 heteroatoms. The lowest BCUT2D eigenvalue weighted by Crippen LogP contribution is -2.27. The van der Waals surface area contributed by atoms with E-state index in [4.69, 9.17) is 4.42 Å². The van der Waals surface area contributed by atoms with Gasteiger partial charge in [0.05, 0.1) is 11.6 Å². The second kappa shape index (κ2) is 5.73. The van der Waals surface area contributed by atoms with E-state index in [1.807, 2.05) is 18.2 Å². The second-order valence-electron chi connectivity index (χ2n) is 6.09. The van der Waals surface area contributed by atoms with Gasteiger partial charge < -0.3 is 9.40 Å². The highest BCUT2D eigenvalue weighted by atomic mass is 16.4. The summed E-state index contributed by atoms with van der Waals surface area (Å²) < 4.78 is 5.71. The number of aromatic amines is 2. The van der Waals surface area contributed by atoms with Gasteiger partial charge in [-0.1, -0.05) is 31.2 Å². The standard InChI is InChI=1S/C19H17N3O3/c1-3-11-4-6-13-12(8-11)5-7-15-17(21-10(2)25-15)16(13)14-9-20-19(24)22-18(14)23/h4-9,16H,3H2,1-2H3,(H2,20,22,23,24). The normalized spacial score (nSPS) is 15.5. The number of nitrogens with zero attached hydrogens (tertiary/aromatic N) is 1. The Labute approximate surface area is 143 Å². The third-order valence-corrected chi connectivity index (χ3v) is 4.51. The minimum atomic E-state index is -0.529. The average Bonchev–Trinajstić information content (AvgIpc) is 2.89. The SMILES string of the molecule is CCc1ccc2c(c1)C=Cc1oc(C)nc1C2c1c[nH]c(=O)[nH]c1=O. The molecule has 1 aromatic carbocycles. The molecule has 0 fully saturated rings. The molecular weight excluding hydrogens is 318 g/mol. The highest BCUT2D eigenvalue weighted by Crippen LogP contribution is 2.37. The van der Waals surface area contributed by atoms with Crippen LogP contribution in [0, 0.1) is 6.92 Å². The molecule has 0 bridgehead atoms. The number of aryl methyl sites for hydroxylation is 2. The Balaban J connectivity index is 2.03. The maximum atomic E-state index is 12.4. The van der Waals surface area contributed by atoms with Gasteiger partial charge in [0.2, 0.25) is 0 Å². The number of hydrogen-bond acceptors (Lipinski definition) is 4. The number of H-pyrrole nitrogens is 2. The molecule has 1 aliphatic carbocycles. The molecule has 0 aliphatic heterocycles. The van der Waals surface area contributed by atoms with Crippen molar-refractivity contribution in [3.8, 4) is 0 Å². The van der Waals surface area contributed by atoms with Crippen molar-refractivity contribution in [2.45, 2.75) is 26.2 Å². The molecule has 0 radical (unpaired) electrons. The Morgan fingerprint density at radius 1 is 1.20 bits per heavy atom. The quantitative estimate of drug-likeness (QED) is 0.589. The van der Waals surface area contributed by atoms with Gasteiger partial charge in [0.25, 0.3) is 5.56 Å². The van der Waals surface area contributed by atoms with Crippen LogP contribution < -0.4 is 11.2 Å². The summed E-state index contributed by atoms with van der Waals surface area (Å²) in [6, 6.07) is 6.18. The number of hydrogen-bond donors (Lipinski definition) is 2. The van der Waals surface area contributed by atoms with Gasteiger partial charge in [0.15, 0.2) is 11.7 Å². The van der Waals surface area contributed by atoms with Gasteiger partial charge in [-0.25, -0.2) is 9.78 Å². The highest BCUT2D eigenvalue weighted by Gasteiger charge is 2.29. The van der Waals surface area contributed by atoms with Crippen molar-refractivity contribution >= 4 is 12.2 Å². The molecule has 25 heavy (non-hydrogen) atoms. The third-order valence-electron chi connectivity index (χ3n) is 4.51. The van der Waals surface area contributed by atoms with Crippen molar-refractivity contribution in [1.82, 2.24) is 15.0 Å². The van der Waals surface area contributed by atoms with Crippen molar-refractivity contribution in [2.24, 2.45) is 0 Å². The minimum Gasteiger partial charge on any atom is -0.441 e. The van der Waals surface area contributed by atoms with Gasteiger partial charge >= 0.3 is 5.69 Å². The van der Waals surface area contributed by atoms with E-state index in [1.54, 1.807) is 6.92 Å². The van der Waals surface area contributed by atoms with Crippen LogP contribution in [0.3, 0.4) is 0 Å². The zero-order chi connectivity index (χ0) is 17.6. The Bertz CT molecular complexity index is 1100. The van der Waals surface area contributed by atoms with E-state index in [0.717, 1.165) is 17.5 Å². The van der Waals surface area contributed by atoms with Crippen LogP contribution in [-0.4, -0.2) is 15.0 Å². The summed E-state index contributed by atoms with van der Waals surface area (Å²) in [6.07, 6.45) is 6.25. The molecule has 126 valence electrons. The fourth-order valence-electron chi connectivity index (χ4n) is 3.30. The molecular formula is C19H17N3O3. The third kappa shape index (κ3) is 2.55. The van der Waals surface area contributed by atoms with Crippen LogP contribution in [0.5, 0.6) is 0 Å². The van der Waals surface area contributed by atoms with Crippen LogP contribution in [0.1, 0.15) is 52.4 Å². The molecule has 0 saturated carbocycles. The molecule has 1 unspecified atom stereocenters. The zero-order valence-corrected chi connectivity index (χ0v) is 13.9. The summed E-state index contributed by atoms with van der Waals surface area (Å²) in [6.45, 7) is 3.87. The maximum absolute atomic E-state index is 12.4. The number of aromatic nitrogens is 3. The minimum absolute atomic E-state index is 0.413. The first kappa shape index (κ1) is 15.4. The molecule has 2 N–H and O–H groups in total. The van der Waals surface area contributed by atoms with Crippen LogP contribution in [-0.2, 0) is 6.42 Å². The van der Waals surface area contributed by atoms with Crippen LogP contribution in [0.15, 0.2) is 38.4 Å². The number of oxazole rings is 1. The fourth-order valence-corrected chi connectivity index (χ4v) is 3.30. The number of rotatable bonds is 2. The Morgan fingerprint density at radius 2 is 2.04 bits per heavy atom. The lowest BCUT2D eigenvalue weighted by atomic mass is 9.86. The van der Waals surface area contributed by atoms with E-state index < -0.39 is 17.2 Å². The van der Waals surface area contributed by atoms with Crippen molar-refractivity contribution in [3.05, 3.63) is 84.8 Å². The first-order valence-electron chi connectivity index (χ1n) is 8.17. The molecule has 2 aromatic heterocycles. The number of nitrogens with one attached hydrogen (secondary N) is 2. The predicted octanol–water partition coefficient (Wildman–Crippen LogP) is 2.59. The Morgan fingerprint density at radius 3 is 2.80 bits per heavy atom. The van der Waals surface area contributed by atoms with Gasteiger partial charge in [0, 0.05) is 18.7 Å². The van der Waals surface area contributed by atoms with Crippen molar-refractivity contribution in [1.29, 1.82) is 0 Å². The number of fused-ring (bicyclic) bond motifs is 2. The largest absolute Gasteiger partial charge is 0.441 e. The van der Waals surface area contributed by atoms with Crippen LogP contribution in [0.2, 0.25) is 0 Å². The predicted molar refractivity (Wildman–Crippen MR) is 94.6 cm³/mol. The molecule has 6 nitrogen and oxygen atoms in total. The fraction of sp³-hybridized carbons (Fsp3) is 0.211. The van der Waals surface area contributed by atoms with Crippen LogP contribution in [0.25, 0.3) is 12.2 Å². The molecule has 4 rings (SSSR count). The van der Waals surface area contributed by atoms with E-state index in [-0.39, 0.29) is 0 Å². The van der Waals surface area contributed by atoms with Gasteiger partial charge in [-0.3, -0.25) is 9.78 Å². The highest BCUT2D eigenvalue weighted by molar-refractivity contribution is 5.75. The lowest BCUT2D eigenvalue weighted by molar-refractivity contribution is 0.512. The maximum Gasteiger partial charge on any atom is 0.325 e. The van der Waals surface area contributed by atoms with E-state index >= 15 is 0 Å².